The summed E-state index contributed by atoms with van der Waals surface area (Å²) in [4.78, 5) is 21.3. The second-order valence-electron chi connectivity index (χ2n) is 4.49. The summed E-state index contributed by atoms with van der Waals surface area (Å²) in [5.74, 6) is -1.21. The molecule has 6 nitrogen and oxygen atoms in total. The Morgan fingerprint density at radius 1 is 1.50 bits per heavy atom. The molecule has 0 radical (unpaired) electrons. The van der Waals surface area contributed by atoms with Crippen LogP contribution in [0.5, 0.6) is 0 Å². The van der Waals surface area contributed by atoms with Crippen LogP contribution in [0.1, 0.15) is 18.9 Å². The molecule has 0 aliphatic carbocycles. The molecule has 2 N–H and O–H groups in total. The Hall–Kier alpha value is -1.69. The molecule has 0 spiro atoms. The van der Waals surface area contributed by atoms with Crippen LogP contribution >= 0.6 is 0 Å². The summed E-state index contributed by atoms with van der Waals surface area (Å²) >= 11 is 0. The topological polar surface area (TPSA) is 86.5 Å². The van der Waals surface area contributed by atoms with E-state index in [9.17, 15) is 9.90 Å². The molecule has 1 aromatic heterocycles. The Balaban J connectivity index is 2.11. The Morgan fingerprint density at radius 3 is 2.72 bits per heavy atom. The van der Waals surface area contributed by atoms with Gasteiger partial charge in [-0.15, -0.1) is 0 Å². The molecule has 0 amide bonds. The average molecular weight is 251 g/mol. The second kappa shape index (κ2) is 5.30. The average Bonchev–Trinajstić information content (AvgIpc) is 2.39. The first-order valence-corrected chi connectivity index (χ1v) is 6.08. The molecule has 18 heavy (non-hydrogen) atoms. The van der Waals surface area contributed by atoms with E-state index in [-0.39, 0.29) is 6.54 Å². The Morgan fingerprint density at radius 2 is 2.17 bits per heavy atom. The van der Waals surface area contributed by atoms with Crippen molar-refractivity contribution >= 4 is 11.9 Å². The number of hydrogen-bond donors (Lipinski definition) is 2. The molecular weight excluding hydrogens is 234 g/mol. The van der Waals surface area contributed by atoms with Crippen LogP contribution in [-0.2, 0) is 11.2 Å². The van der Waals surface area contributed by atoms with Gasteiger partial charge in [-0.05, 0) is 18.4 Å². The minimum Gasteiger partial charge on any atom is -0.481 e. The number of aliphatic carboxylic acids is 1. The maximum absolute atomic E-state index is 11.0. The maximum Gasteiger partial charge on any atom is 0.310 e. The van der Waals surface area contributed by atoms with Crippen molar-refractivity contribution in [1.29, 1.82) is 0 Å². The van der Waals surface area contributed by atoms with E-state index >= 15 is 0 Å². The van der Waals surface area contributed by atoms with E-state index in [1.807, 2.05) is 11.8 Å². The van der Waals surface area contributed by atoms with E-state index in [4.69, 9.17) is 5.11 Å². The first-order valence-electron chi connectivity index (χ1n) is 6.08. The fraction of sp³-hybridized carbons (Fsp3) is 0.583. The minimum absolute atomic E-state index is 0.252. The van der Waals surface area contributed by atoms with Gasteiger partial charge in [0.05, 0.1) is 6.10 Å². The lowest BCUT2D eigenvalue weighted by Crippen LogP contribution is -2.47. The van der Waals surface area contributed by atoms with Gasteiger partial charge in [0.25, 0.3) is 0 Å². The molecule has 2 heterocycles. The van der Waals surface area contributed by atoms with Crippen LogP contribution < -0.4 is 4.90 Å². The van der Waals surface area contributed by atoms with Gasteiger partial charge in [-0.3, -0.25) is 4.79 Å². The smallest absolute Gasteiger partial charge is 0.310 e. The largest absolute Gasteiger partial charge is 0.481 e. The molecular formula is C12H17N3O3. The molecule has 98 valence electrons. The molecule has 0 unspecified atom stereocenters. The first-order chi connectivity index (χ1) is 8.61. The van der Waals surface area contributed by atoms with Crippen molar-refractivity contribution in [3.8, 4) is 0 Å². The number of aliphatic hydroxyl groups is 1. The summed E-state index contributed by atoms with van der Waals surface area (Å²) in [5.41, 5.74) is 1.05. The summed E-state index contributed by atoms with van der Waals surface area (Å²) in [6, 6.07) is 0. The van der Waals surface area contributed by atoms with Crippen LogP contribution in [0, 0.1) is 5.92 Å². The molecule has 6 heteroatoms. The third kappa shape index (κ3) is 2.59. The highest BCUT2D eigenvalue weighted by molar-refractivity contribution is 5.72. The lowest BCUT2D eigenvalue weighted by Gasteiger charge is -2.33. The van der Waals surface area contributed by atoms with Crippen LogP contribution in [0.15, 0.2) is 12.4 Å². The van der Waals surface area contributed by atoms with E-state index in [2.05, 4.69) is 9.97 Å². The van der Waals surface area contributed by atoms with Crippen molar-refractivity contribution in [1.82, 2.24) is 9.97 Å². The molecule has 1 aliphatic heterocycles. The number of nitrogens with zero attached hydrogens (tertiary/aromatic N) is 3. The number of anilines is 1. The lowest BCUT2D eigenvalue weighted by atomic mass is 9.95. The van der Waals surface area contributed by atoms with Gasteiger partial charge in [-0.25, -0.2) is 9.97 Å². The van der Waals surface area contributed by atoms with Gasteiger partial charge in [-0.1, -0.05) is 6.92 Å². The van der Waals surface area contributed by atoms with Crippen LogP contribution in [-0.4, -0.2) is 45.3 Å². The van der Waals surface area contributed by atoms with E-state index in [0.717, 1.165) is 12.0 Å². The van der Waals surface area contributed by atoms with Gasteiger partial charge in [0.15, 0.2) is 0 Å². The Labute approximate surface area is 105 Å². The standard InChI is InChI=1S/C12H17N3O3/c1-2-8-5-13-12(14-6-8)15-4-3-10(16)9(7-15)11(17)18/h5-6,9-10,16H,2-4,7H2,1H3,(H,17,18)/t9-,10-/m0/s1. The summed E-state index contributed by atoms with van der Waals surface area (Å²) in [5, 5.41) is 18.7. The van der Waals surface area contributed by atoms with E-state index in [0.29, 0.717) is 18.9 Å². The molecule has 1 aliphatic rings. The van der Waals surface area contributed by atoms with Gasteiger partial charge in [0.1, 0.15) is 5.92 Å². The lowest BCUT2D eigenvalue weighted by molar-refractivity contribution is -0.146. The SMILES string of the molecule is CCc1cnc(N2CC[C@H](O)[C@@H](C(=O)O)C2)nc1. The molecule has 2 atom stereocenters. The highest BCUT2D eigenvalue weighted by atomic mass is 16.4. The number of hydrogen-bond acceptors (Lipinski definition) is 5. The van der Waals surface area contributed by atoms with Crippen molar-refractivity contribution in [2.45, 2.75) is 25.9 Å². The third-order valence-corrected chi connectivity index (χ3v) is 3.28. The Kier molecular flexibility index (Phi) is 3.76. The number of carboxylic acid groups (broad SMARTS) is 1. The second-order valence-corrected chi connectivity index (χ2v) is 4.49. The zero-order valence-corrected chi connectivity index (χ0v) is 10.3. The highest BCUT2D eigenvalue weighted by Gasteiger charge is 2.33. The molecule has 1 fully saturated rings. The molecule has 1 aromatic rings. The summed E-state index contributed by atoms with van der Waals surface area (Å²) < 4.78 is 0. The van der Waals surface area contributed by atoms with Gasteiger partial charge < -0.3 is 15.1 Å². The van der Waals surface area contributed by atoms with Crippen LogP contribution in [0.25, 0.3) is 0 Å². The van der Waals surface area contributed by atoms with Gasteiger partial charge >= 0.3 is 5.97 Å². The molecule has 0 bridgehead atoms. The fourth-order valence-electron chi connectivity index (χ4n) is 2.06. The van der Waals surface area contributed by atoms with E-state index in [1.54, 1.807) is 12.4 Å². The number of aromatic nitrogens is 2. The predicted molar refractivity (Wildman–Crippen MR) is 65.4 cm³/mol. The monoisotopic (exact) mass is 251 g/mol. The van der Waals surface area contributed by atoms with Crippen LogP contribution in [0.3, 0.4) is 0 Å². The summed E-state index contributed by atoms with van der Waals surface area (Å²) in [7, 11) is 0. The zero-order chi connectivity index (χ0) is 13.1. The zero-order valence-electron chi connectivity index (χ0n) is 10.3. The van der Waals surface area contributed by atoms with Crippen molar-refractivity contribution in [2.75, 3.05) is 18.0 Å². The molecule has 0 aromatic carbocycles. The van der Waals surface area contributed by atoms with Crippen molar-refractivity contribution < 1.29 is 15.0 Å². The summed E-state index contributed by atoms with van der Waals surface area (Å²) in [6.45, 7) is 2.86. The quantitative estimate of drug-likeness (QED) is 0.804. The van der Waals surface area contributed by atoms with Gasteiger partial charge in [-0.2, -0.15) is 0 Å². The summed E-state index contributed by atoms with van der Waals surface area (Å²) in [6.07, 6.45) is 4.02. The van der Waals surface area contributed by atoms with Crippen molar-refractivity contribution in [3.63, 3.8) is 0 Å². The minimum atomic E-state index is -0.975. The number of carboxylic acids is 1. The number of rotatable bonds is 3. The molecule has 0 saturated carbocycles. The third-order valence-electron chi connectivity index (χ3n) is 3.28. The number of aliphatic hydroxyl groups excluding tert-OH is 1. The Bertz CT molecular complexity index is 421. The van der Waals surface area contributed by atoms with Gasteiger partial charge in [0.2, 0.25) is 5.95 Å². The highest BCUT2D eigenvalue weighted by Crippen LogP contribution is 2.21. The van der Waals surface area contributed by atoms with Crippen LogP contribution in [0.2, 0.25) is 0 Å². The first kappa shape index (κ1) is 12.8. The number of piperidine rings is 1. The normalized spacial score (nSPS) is 24.0. The fourth-order valence-corrected chi connectivity index (χ4v) is 2.06. The van der Waals surface area contributed by atoms with Gasteiger partial charge in [0, 0.05) is 25.5 Å². The molecule has 1 saturated heterocycles. The maximum atomic E-state index is 11.0. The van der Waals surface area contributed by atoms with Crippen molar-refractivity contribution in [2.24, 2.45) is 5.92 Å². The van der Waals surface area contributed by atoms with Crippen LogP contribution in [0.4, 0.5) is 5.95 Å². The van der Waals surface area contributed by atoms with E-state index < -0.39 is 18.0 Å². The number of carbonyl (C=O) groups is 1. The van der Waals surface area contributed by atoms with E-state index in [1.165, 1.54) is 0 Å². The number of aryl methyl sites for hydroxylation is 1. The molecule has 2 rings (SSSR count). The van der Waals surface area contributed by atoms with Crippen molar-refractivity contribution in [3.05, 3.63) is 18.0 Å². The predicted octanol–water partition coefficient (Wildman–Crippen LogP) is 0.311.